The SMILES string of the molecule is CCCCc1ccc(C(C)Nc2ccc(Br)cc2)cc1. The molecule has 0 heterocycles. The van der Waals surface area contributed by atoms with E-state index in [0.29, 0.717) is 6.04 Å². The van der Waals surface area contributed by atoms with Crippen molar-refractivity contribution in [1.82, 2.24) is 0 Å². The van der Waals surface area contributed by atoms with Crippen molar-refractivity contribution in [2.24, 2.45) is 0 Å². The summed E-state index contributed by atoms with van der Waals surface area (Å²) in [4.78, 5) is 0. The average Bonchev–Trinajstić information content (AvgIpc) is 2.48. The van der Waals surface area contributed by atoms with Gasteiger partial charge in [-0.05, 0) is 55.2 Å². The van der Waals surface area contributed by atoms with Gasteiger partial charge >= 0.3 is 0 Å². The minimum atomic E-state index is 0.316. The third-order valence-electron chi connectivity index (χ3n) is 3.53. The molecular weight excluding hydrogens is 310 g/mol. The van der Waals surface area contributed by atoms with E-state index in [1.165, 1.54) is 30.4 Å². The van der Waals surface area contributed by atoms with Gasteiger partial charge in [0.1, 0.15) is 0 Å². The van der Waals surface area contributed by atoms with E-state index in [1.54, 1.807) is 0 Å². The predicted molar refractivity (Wildman–Crippen MR) is 91.2 cm³/mol. The molecule has 0 saturated heterocycles. The van der Waals surface area contributed by atoms with Gasteiger partial charge in [-0.15, -0.1) is 0 Å². The standard InChI is InChI=1S/C18H22BrN/c1-3-4-5-15-6-8-16(9-7-15)14(2)20-18-12-10-17(19)11-13-18/h6-14,20H,3-5H2,1-2H3. The topological polar surface area (TPSA) is 12.0 Å². The van der Waals surface area contributed by atoms with Crippen LogP contribution in [-0.4, -0.2) is 0 Å². The number of nitrogens with one attached hydrogen (secondary N) is 1. The molecule has 0 bridgehead atoms. The van der Waals surface area contributed by atoms with Crippen LogP contribution in [-0.2, 0) is 6.42 Å². The highest BCUT2D eigenvalue weighted by atomic mass is 79.9. The van der Waals surface area contributed by atoms with E-state index in [4.69, 9.17) is 0 Å². The Balaban J connectivity index is 1.98. The molecule has 1 N–H and O–H groups in total. The molecule has 2 rings (SSSR count). The Bertz CT molecular complexity index is 516. The van der Waals surface area contributed by atoms with Crippen LogP contribution in [0.3, 0.4) is 0 Å². The van der Waals surface area contributed by atoms with Crippen molar-refractivity contribution in [2.75, 3.05) is 5.32 Å². The molecule has 0 spiro atoms. The Labute approximate surface area is 130 Å². The van der Waals surface area contributed by atoms with Gasteiger partial charge in [0.15, 0.2) is 0 Å². The van der Waals surface area contributed by atoms with Crippen LogP contribution in [0.2, 0.25) is 0 Å². The number of unbranched alkanes of at least 4 members (excludes halogenated alkanes) is 1. The Morgan fingerprint density at radius 1 is 1.00 bits per heavy atom. The molecule has 2 aromatic carbocycles. The van der Waals surface area contributed by atoms with Crippen molar-refractivity contribution in [2.45, 2.75) is 39.2 Å². The van der Waals surface area contributed by atoms with Crippen LogP contribution in [0.1, 0.15) is 43.9 Å². The lowest BCUT2D eigenvalue weighted by molar-refractivity contribution is 0.793. The lowest BCUT2D eigenvalue weighted by atomic mass is 10.0. The molecule has 0 aromatic heterocycles. The number of hydrogen-bond acceptors (Lipinski definition) is 1. The number of aryl methyl sites for hydroxylation is 1. The van der Waals surface area contributed by atoms with Crippen molar-refractivity contribution in [1.29, 1.82) is 0 Å². The van der Waals surface area contributed by atoms with Gasteiger partial charge in [0.25, 0.3) is 0 Å². The van der Waals surface area contributed by atoms with Crippen LogP contribution < -0.4 is 5.32 Å². The fourth-order valence-electron chi connectivity index (χ4n) is 2.23. The summed E-state index contributed by atoms with van der Waals surface area (Å²) in [6.45, 7) is 4.43. The first-order valence-electron chi connectivity index (χ1n) is 7.30. The largest absolute Gasteiger partial charge is 0.379 e. The maximum atomic E-state index is 3.53. The lowest BCUT2D eigenvalue weighted by Gasteiger charge is -2.16. The van der Waals surface area contributed by atoms with Crippen LogP contribution in [0.4, 0.5) is 5.69 Å². The molecule has 2 aromatic rings. The minimum absolute atomic E-state index is 0.316. The number of hydrogen-bond donors (Lipinski definition) is 1. The third kappa shape index (κ3) is 4.38. The Hall–Kier alpha value is -1.28. The second-order valence-electron chi connectivity index (χ2n) is 5.22. The fraction of sp³-hybridized carbons (Fsp3) is 0.333. The van der Waals surface area contributed by atoms with Gasteiger partial charge in [-0.2, -0.15) is 0 Å². The van der Waals surface area contributed by atoms with Crippen molar-refractivity contribution in [3.63, 3.8) is 0 Å². The van der Waals surface area contributed by atoms with Gasteiger partial charge in [-0.3, -0.25) is 0 Å². The third-order valence-corrected chi connectivity index (χ3v) is 4.05. The Morgan fingerprint density at radius 3 is 2.25 bits per heavy atom. The molecule has 0 aliphatic carbocycles. The lowest BCUT2D eigenvalue weighted by Crippen LogP contribution is -2.06. The van der Waals surface area contributed by atoms with E-state index in [9.17, 15) is 0 Å². The molecule has 1 atom stereocenters. The molecule has 106 valence electrons. The molecule has 1 unspecified atom stereocenters. The van der Waals surface area contributed by atoms with Crippen LogP contribution in [0.25, 0.3) is 0 Å². The summed E-state index contributed by atoms with van der Waals surface area (Å²) in [6.07, 6.45) is 3.71. The zero-order valence-corrected chi connectivity index (χ0v) is 13.8. The van der Waals surface area contributed by atoms with Gasteiger partial charge in [0, 0.05) is 16.2 Å². The second kappa shape index (κ2) is 7.49. The first-order chi connectivity index (χ1) is 9.69. The summed E-state index contributed by atoms with van der Waals surface area (Å²) in [6, 6.07) is 17.6. The maximum absolute atomic E-state index is 3.53. The van der Waals surface area contributed by atoms with E-state index in [1.807, 2.05) is 0 Å². The number of rotatable bonds is 6. The molecule has 0 saturated carbocycles. The molecule has 0 aliphatic heterocycles. The number of benzene rings is 2. The van der Waals surface area contributed by atoms with Gasteiger partial charge < -0.3 is 5.32 Å². The van der Waals surface area contributed by atoms with E-state index < -0.39 is 0 Å². The quantitative estimate of drug-likeness (QED) is 0.688. The first-order valence-corrected chi connectivity index (χ1v) is 8.09. The Morgan fingerprint density at radius 2 is 1.65 bits per heavy atom. The molecule has 0 aliphatic rings. The summed E-state index contributed by atoms with van der Waals surface area (Å²) >= 11 is 3.46. The minimum Gasteiger partial charge on any atom is -0.379 e. The summed E-state index contributed by atoms with van der Waals surface area (Å²) in [5.74, 6) is 0. The zero-order valence-electron chi connectivity index (χ0n) is 12.2. The van der Waals surface area contributed by atoms with Gasteiger partial charge in [-0.1, -0.05) is 53.5 Å². The van der Waals surface area contributed by atoms with Crippen molar-refractivity contribution < 1.29 is 0 Å². The van der Waals surface area contributed by atoms with Gasteiger partial charge in [0.2, 0.25) is 0 Å². The van der Waals surface area contributed by atoms with Crippen LogP contribution in [0.5, 0.6) is 0 Å². The zero-order chi connectivity index (χ0) is 14.4. The summed E-state index contributed by atoms with van der Waals surface area (Å²) in [7, 11) is 0. The highest BCUT2D eigenvalue weighted by Gasteiger charge is 2.05. The smallest absolute Gasteiger partial charge is 0.0485 e. The number of halogens is 1. The number of anilines is 1. The Kier molecular flexibility index (Phi) is 5.66. The fourth-order valence-corrected chi connectivity index (χ4v) is 2.50. The van der Waals surface area contributed by atoms with Crippen molar-refractivity contribution >= 4 is 21.6 Å². The second-order valence-corrected chi connectivity index (χ2v) is 6.13. The van der Waals surface area contributed by atoms with Crippen LogP contribution >= 0.6 is 15.9 Å². The normalized spacial score (nSPS) is 12.2. The first kappa shape index (κ1) is 15.1. The average molecular weight is 332 g/mol. The molecule has 0 amide bonds. The predicted octanol–water partition coefficient (Wildman–Crippen LogP) is 5.96. The highest BCUT2D eigenvalue weighted by Crippen LogP contribution is 2.21. The summed E-state index contributed by atoms with van der Waals surface area (Å²) in [5, 5.41) is 3.53. The van der Waals surface area contributed by atoms with E-state index in [0.717, 1.165) is 10.2 Å². The van der Waals surface area contributed by atoms with Crippen LogP contribution in [0, 0.1) is 0 Å². The highest BCUT2D eigenvalue weighted by molar-refractivity contribution is 9.10. The molecular formula is C18H22BrN. The maximum Gasteiger partial charge on any atom is 0.0485 e. The van der Waals surface area contributed by atoms with Crippen molar-refractivity contribution in [3.8, 4) is 0 Å². The summed E-state index contributed by atoms with van der Waals surface area (Å²) < 4.78 is 1.11. The van der Waals surface area contributed by atoms with Crippen LogP contribution in [0.15, 0.2) is 53.0 Å². The van der Waals surface area contributed by atoms with E-state index in [-0.39, 0.29) is 0 Å². The van der Waals surface area contributed by atoms with Gasteiger partial charge in [0.05, 0.1) is 0 Å². The van der Waals surface area contributed by atoms with Crippen molar-refractivity contribution in [3.05, 3.63) is 64.1 Å². The monoisotopic (exact) mass is 331 g/mol. The summed E-state index contributed by atoms with van der Waals surface area (Å²) in [5.41, 5.74) is 3.91. The molecule has 20 heavy (non-hydrogen) atoms. The molecule has 1 nitrogen and oxygen atoms in total. The molecule has 2 heteroatoms. The van der Waals surface area contributed by atoms with E-state index >= 15 is 0 Å². The molecule has 0 radical (unpaired) electrons. The van der Waals surface area contributed by atoms with E-state index in [2.05, 4.69) is 83.6 Å². The molecule has 0 fully saturated rings. The van der Waals surface area contributed by atoms with Gasteiger partial charge in [-0.25, -0.2) is 0 Å².